The largest absolute Gasteiger partial charge is 0.494 e. The Balaban J connectivity index is 1.13. The van der Waals surface area contributed by atoms with Gasteiger partial charge in [-0.2, -0.15) is 0 Å². The van der Waals surface area contributed by atoms with Crippen molar-refractivity contribution in [2.45, 2.75) is 117 Å². The summed E-state index contributed by atoms with van der Waals surface area (Å²) in [6.45, 7) is 5.51. The summed E-state index contributed by atoms with van der Waals surface area (Å²) in [6.07, 6.45) is 22.4. The average molecular weight is 489 g/mol. The van der Waals surface area contributed by atoms with Gasteiger partial charge in [-0.15, -0.1) is 0 Å². The van der Waals surface area contributed by atoms with Crippen molar-refractivity contribution >= 4 is 0 Å². The van der Waals surface area contributed by atoms with Gasteiger partial charge in [0.15, 0.2) is 0 Å². The molecule has 0 unspecified atom stereocenters. The molecule has 0 heterocycles. The second kappa shape index (κ2) is 14.8. The first-order chi connectivity index (χ1) is 17.7. The van der Waals surface area contributed by atoms with Crippen molar-refractivity contribution in [2.75, 3.05) is 6.61 Å². The Morgan fingerprint density at radius 2 is 1.00 bits per heavy atom. The molecule has 4 rings (SSSR count). The molecule has 0 atom stereocenters. The molecule has 36 heavy (non-hydrogen) atoms. The lowest BCUT2D eigenvalue weighted by Crippen LogP contribution is -2.15. The highest BCUT2D eigenvalue weighted by atomic mass is 16.5. The Bertz CT molecular complexity index is 835. The van der Waals surface area contributed by atoms with E-state index in [4.69, 9.17) is 4.74 Å². The summed E-state index contributed by atoms with van der Waals surface area (Å²) < 4.78 is 6.08. The van der Waals surface area contributed by atoms with Gasteiger partial charge in [-0.25, -0.2) is 0 Å². The topological polar surface area (TPSA) is 9.23 Å². The normalized spacial score (nSPS) is 24.5. The zero-order valence-electron chi connectivity index (χ0n) is 23.4. The van der Waals surface area contributed by atoms with Gasteiger partial charge in [-0.3, -0.25) is 0 Å². The number of ether oxygens (including phenoxy) is 1. The molecule has 2 aromatic carbocycles. The summed E-state index contributed by atoms with van der Waals surface area (Å²) in [5.74, 6) is 4.93. The van der Waals surface area contributed by atoms with Crippen LogP contribution in [0.3, 0.4) is 0 Å². The van der Waals surface area contributed by atoms with Gasteiger partial charge < -0.3 is 4.74 Å². The molecular formula is C35H52O. The molecule has 0 saturated heterocycles. The molecule has 2 aliphatic rings. The highest BCUT2D eigenvalue weighted by molar-refractivity contribution is 5.64. The maximum atomic E-state index is 6.08. The predicted molar refractivity (Wildman–Crippen MR) is 156 cm³/mol. The van der Waals surface area contributed by atoms with E-state index in [1.54, 1.807) is 0 Å². The molecule has 0 radical (unpaired) electrons. The van der Waals surface area contributed by atoms with Gasteiger partial charge in [0.1, 0.15) is 5.75 Å². The van der Waals surface area contributed by atoms with Crippen LogP contribution in [-0.4, -0.2) is 6.61 Å². The van der Waals surface area contributed by atoms with E-state index in [2.05, 4.69) is 62.4 Å². The van der Waals surface area contributed by atoms with Crippen LogP contribution in [0.4, 0.5) is 0 Å². The van der Waals surface area contributed by atoms with Crippen LogP contribution in [0.15, 0.2) is 48.5 Å². The summed E-state index contributed by atoms with van der Waals surface area (Å²) in [6, 6.07) is 18.0. The molecule has 2 saturated carbocycles. The molecule has 0 spiro atoms. The highest BCUT2D eigenvalue weighted by Gasteiger charge is 2.21. The molecule has 2 aliphatic carbocycles. The molecule has 2 fully saturated rings. The fourth-order valence-electron chi connectivity index (χ4n) is 6.97. The predicted octanol–water partition coefficient (Wildman–Crippen LogP) is 10.7. The number of hydrogen-bond donors (Lipinski definition) is 0. The maximum absolute atomic E-state index is 6.08. The van der Waals surface area contributed by atoms with E-state index in [1.165, 1.54) is 119 Å². The van der Waals surface area contributed by atoms with E-state index < -0.39 is 0 Å². The Morgan fingerprint density at radius 1 is 0.556 bits per heavy atom. The smallest absolute Gasteiger partial charge is 0.119 e. The van der Waals surface area contributed by atoms with Crippen LogP contribution in [0.25, 0.3) is 11.1 Å². The van der Waals surface area contributed by atoms with Crippen LogP contribution in [0.2, 0.25) is 0 Å². The first-order valence-electron chi connectivity index (χ1n) is 15.6. The third-order valence-corrected chi connectivity index (χ3v) is 9.33. The molecule has 0 N–H and O–H groups in total. The molecule has 1 heteroatoms. The Kier molecular flexibility index (Phi) is 11.3. The number of benzene rings is 2. The molecule has 1 nitrogen and oxygen atoms in total. The molecule has 2 aromatic rings. The molecule has 198 valence electrons. The van der Waals surface area contributed by atoms with E-state index >= 15 is 0 Å². The minimum Gasteiger partial charge on any atom is -0.494 e. The summed E-state index contributed by atoms with van der Waals surface area (Å²) in [5.41, 5.74) is 4.09. The molecule has 0 aliphatic heterocycles. The summed E-state index contributed by atoms with van der Waals surface area (Å²) in [7, 11) is 0. The van der Waals surface area contributed by atoms with E-state index in [1.807, 2.05) is 0 Å². The monoisotopic (exact) mass is 488 g/mol. The van der Waals surface area contributed by atoms with Crippen molar-refractivity contribution in [3.05, 3.63) is 54.1 Å². The van der Waals surface area contributed by atoms with Gasteiger partial charge in [0.25, 0.3) is 0 Å². The van der Waals surface area contributed by atoms with Gasteiger partial charge in [0.2, 0.25) is 0 Å². The van der Waals surface area contributed by atoms with Crippen LogP contribution in [0.5, 0.6) is 5.75 Å². The first kappa shape index (κ1) is 27.3. The average Bonchev–Trinajstić information content (AvgIpc) is 2.93. The van der Waals surface area contributed by atoms with E-state index in [0.29, 0.717) is 0 Å². The lowest BCUT2D eigenvalue weighted by Gasteiger charge is -2.28. The number of aryl methyl sites for hydroxylation is 1. The van der Waals surface area contributed by atoms with Crippen LogP contribution in [0, 0.1) is 23.7 Å². The minimum absolute atomic E-state index is 0.850. The van der Waals surface area contributed by atoms with E-state index in [0.717, 1.165) is 36.0 Å². The van der Waals surface area contributed by atoms with Crippen LogP contribution in [0.1, 0.15) is 116 Å². The quantitative estimate of drug-likeness (QED) is 0.255. The fourth-order valence-corrected chi connectivity index (χ4v) is 6.97. The van der Waals surface area contributed by atoms with E-state index in [9.17, 15) is 0 Å². The van der Waals surface area contributed by atoms with Crippen molar-refractivity contribution in [1.29, 1.82) is 0 Å². The second-order valence-electron chi connectivity index (χ2n) is 12.1. The highest BCUT2D eigenvalue weighted by Crippen LogP contribution is 2.35. The zero-order chi connectivity index (χ0) is 25.0. The SMILES string of the molecule is CCC[C@H]1CC[C@H](CCCOc2ccc(-c3ccc(CC[C@H]4CC[C@H](CCC)CC4)cc3)cc2)CC1. The molecular weight excluding hydrogens is 436 g/mol. The Morgan fingerprint density at radius 3 is 1.50 bits per heavy atom. The van der Waals surface area contributed by atoms with Crippen LogP contribution >= 0.6 is 0 Å². The summed E-state index contributed by atoms with van der Waals surface area (Å²) in [4.78, 5) is 0. The number of hydrogen-bond acceptors (Lipinski definition) is 1. The first-order valence-corrected chi connectivity index (χ1v) is 15.6. The van der Waals surface area contributed by atoms with Crippen molar-refractivity contribution in [3.63, 3.8) is 0 Å². The summed E-state index contributed by atoms with van der Waals surface area (Å²) in [5, 5.41) is 0. The zero-order valence-corrected chi connectivity index (χ0v) is 23.4. The lowest BCUT2D eigenvalue weighted by atomic mass is 9.78. The van der Waals surface area contributed by atoms with Gasteiger partial charge in [-0.05, 0) is 78.2 Å². The van der Waals surface area contributed by atoms with Crippen molar-refractivity contribution in [3.8, 4) is 16.9 Å². The van der Waals surface area contributed by atoms with Crippen molar-refractivity contribution in [1.82, 2.24) is 0 Å². The fraction of sp³-hybridized carbons (Fsp3) is 0.657. The van der Waals surface area contributed by atoms with Crippen molar-refractivity contribution in [2.24, 2.45) is 23.7 Å². The van der Waals surface area contributed by atoms with Crippen LogP contribution < -0.4 is 4.74 Å². The van der Waals surface area contributed by atoms with E-state index in [-0.39, 0.29) is 0 Å². The van der Waals surface area contributed by atoms with Gasteiger partial charge in [-0.1, -0.05) is 127 Å². The van der Waals surface area contributed by atoms with Crippen molar-refractivity contribution < 1.29 is 4.74 Å². The number of rotatable bonds is 13. The van der Waals surface area contributed by atoms with Gasteiger partial charge >= 0.3 is 0 Å². The van der Waals surface area contributed by atoms with Gasteiger partial charge in [0, 0.05) is 0 Å². The summed E-state index contributed by atoms with van der Waals surface area (Å²) >= 11 is 0. The third kappa shape index (κ3) is 8.67. The molecule has 0 amide bonds. The Labute approximate surface area is 222 Å². The minimum atomic E-state index is 0.850. The standard InChI is InChI=1S/C35H52O/c1-3-6-28-9-13-30(14-10-28)8-5-27-36-35-25-23-34(24-26-35)33-21-19-32(20-22-33)18-17-31-15-11-29(7-4-2)12-16-31/h19-26,28-31H,3-18,27H2,1-2H3/t28-,29-,30-,31-. The molecule has 0 bridgehead atoms. The Hall–Kier alpha value is -1.76. The second-order valence-corrected chi connectivity index (χ2v) is 12.1. The van der Waals surface area contributed by atoms with Gasteiger partial charge in [0.05, 0.1) is 6.61 Å². The maximum Gasteiger partial charge on any atom is 0.119 e. The third-order valence-electron chi connectivity index (χ3n) is 9.33. The van der Waals surface area contributed by atoms with Crippen LogP contribution in [-0.2, 0) is 6.42 Å². The molecule has 0 aromatic heterocycles. The lowest BCUT2D eigenvalue weighted by molar-refractivity contribution is 0.230.